The predicted octanol–water partition coefficient (Wildman–Crippen LogP) is 1.27. The highest BCUT2D eigenvalue weighted by atomic mass is 16.5. The minimum Gasteiger partial charge on any atom is -0.385 e. The first-order chi connectivity index (χ1) is 7.26. The maximum absolute atomic E-state index is 11.1. The van der Waals surface area contributed by atoms with Gasteiger partial charge in [-0.3, -0.25) is 9.48 Å². The molecule has 1 N–H and O–H groups in total. The number of carbonyl (C=O) groups is 1. The van der Waals surface area contributed by atoms with Gasteiger partial charge < -0.3 is 10.1 Å². The van der Waals surface area contributed by atoms with E-state index in [9.17, 15) is 4.79 Å². The first-order valence-electron chi connectivity index (χ1n) is 5.08. The molecule has 1 aromatic rings. The lowest BCUT2D eigenvalue weighted by Gasteiger charge is -2.00. The second-order valence-corrected chi connectivity index (χ2v) is 3.21. The van der Waals surface area contributed by atoms with E-state index in [1.807, 2.05) is 13.1 Å². The third-order valence-corrected chi connectivity index (χ3v) is 1.96. The van der Waals surface area contributed by atoms with Gasteiger partial charge in [-0.25, -0.2) is 0 Å². The van der Waals surface area contributed by atoms with Crippen LogP contribution in [0.25, 0.3) is 0 Å². The summed E-state index contributed by atoms with van der Waals surface area (Å²) in [6.45, 7) is 3.33. The molecular formula is C10H17N3O2. The molecule has 0 aliphatic heterocycles. The number of ether oxygens (including phenoxy) is 1. The van der Waals surface area contributed by atoms with Crippen molar-refractivity contribution in [2.24, 2.45) is 0 Å². The van der Waals surface area contributed by atoms with Crippen molar-refractivity contribution in [3.63, 3.8) is 0 Å². The molecule has 15 heavy (non-hydrogen) atoms. The highest BCUT2D eigenvalue weighted by Gasteiger charge is 2.01. The Morgan fingerprint density at radius 1 is 1.67 bits per heavy atom. The third kappa shape index (κ3) is 4.12. The van der Waals surface area contributed by atoms with E-state index in [1.165, 1.54) is 0 Å². The van der Waals surface area contributed by atoms with Gasteiger partial charge in [0.05, 0.1) is 0 Å². The molecule has 5 nitrogen and oxygen atoms in total. The van der Waals surface area contributed by atoms with Gasteiger partial charge in [0.15, 0.2) is 5.82 Å². The van der Waals surface area contributed by atoms with Crippen molar-refractivity contribution < 1.29 is 9.53 Å². The third-order valence-electron chi connectivity index (χ3n) is 1.96. The fourth-order valence-electron chi connectivity index (χ4n) is 1.16. The Bertz CT molecular complexity index is 309. The first-order valence-corrected chi connectivity index (χ1v) is 5.08. The number of hydrogen-bond acceptors (Lipinski definition) is 3. The smallest absolute Gasteiger partial charge is 0.225 e. The van der Waals surface area contributed by atoms with Crippen molar-refractivity contribution in [3.05, 3.63) is 12.3 Å². The second-order valence-electron chi connectivity index (χ2n) is 3.21. The van der Waals surface area contributed by atoms with Gasteiger partial charge in [-0.15, -0.1) is 0 Å². The molecule has 1 aromatic heterocycles. The van der Waals surface area contributed by atoms with Crippen LogP contribution in [0.4, 0.5) is 5.82 Å². The summed E-state index contributed by atoms with van der Waals surface area (Å²) in [5.41, 5.74) is 0. The zero-order valence-electron chi connectivity index (χ0n) is 9.19. The topological polar surface area (TPSA) is 56.2 Å². The second kappa shape index (κ2) is 6.19. The average Bonchev–Trinajstić information content (AvgIpc) is 2.66. The molecule has 0 atom stereocenters. The molecule has 0 radical (unpaired) electrons. The molecule has 1 heterocycles. The van der Waals surface area contributed by atoms with Crippen molar-refractivity contribution in [2.45, 2.75) is 26.3 Å². The SMILES string of the molecule is CCC(=O)Nc1ccn(CCCOC)n1. The van der Waals surface area contributed by atoms with Crippen molar-refractivity contribution in [2.75, 3.05) is 19.0 Å². The van der Waals surface area contributed by atoms with Gasteiger partial charge in [0, 0.05) is 38.9 Å². The molecular weight excluding hydrogens is 194 g/mol. The van der Waals surface area contributed by atoms with Crippen LogP contribution < -0.4 is 5.32 Å². The lowest BCUT2D eigenvalue weighted by molar-refractivity contribution is -0.115. The Kier molecular flexibility index (Phi) is 4.83. The molecule has 0 aliphatic rings. The molecule has 0 saturated heterocycles. The Morgan fingerprint density at radius 2 is 2.47 bits per heavy atom. The van der Waals surface area contributed by atoms with Crippen LogP contribution in [-0.2, 0) is 16.1 Å². The summed E-state index contributed by atoms with van der Waals surface area (Å²) >= 11 is 0. The van der Waals surface area contributed by atoms with Crippen molar-refractivity contribution >= 4 is 11.7 Å². The van der Waals surface area contributed by atoms with Gasteiger partial charge in [-0.1, -0.05) is 6.92 Å². The van der Waals surface area contributed by atoms with Crippen LogP contribution >= 0.6 is 0 Å². The Hall–Kier alpha value is -1.36. The van der Waals surface area contributed by atoms with Gasteiger partial charge in [0.2, 0.25) is 5.91 Å². The van der Waals surface area contributed by atoms with E-state index >= 15 is 0 Å². The quantitative estimate of drug-likeness (QED) is 0.721. The van der Waals surface area contributed by atoms with E-state index in [1.54, 1.807) is 17.9 Å². The van der Waals surface area contributed by atoms with Crippen LogP contribution in [0.2, 0.25) is 0 Å². The maximum Gasteiger partial charge on any atom is 0.225 e. The minimum absolute atomic E-state index is 0.0165. The number of hydrogen-bond donors (Lipinski definition) is 1. The summed E-state index contributed by atoms with van der Waals surface area (Å²) in [6, 6.07) is 1.79. The van der Waals surface area contributed by atoms with Crippen LogP contribution in [0.15, 0.2) is 12.3 Å². The number of carbonyl (C=O) groups excluding carboxylic acids is 1. The van der Waals surface area contributed by atoms with E-state index in [0.717, 1.165) is 19.6 Å². The monoisotopic (exact) mass is 211 g/mol. The molecule has 0 spiro atoms. The van der Waals surface area contributed by atoms with Crippen molar-refractivity contribution in [1.29, 1.82) is 0 Å². The minimum atomic E-state index is -0.0165. The number of nitrogens with one attached hydrogen (secondary N) is 1. The van der Waals surface area contributed by atoms with E-state index in [2.05, 4.69) is 10.4 Å². The van der Waals surface area contributed by atoms with Crippen LogP contribution in [0.3, 0.4) is 0 Å². The molecule has 0 saturated carbocycles. The lowest BCUT2D eigenvalue weighted by atomic mass is 10.4. The van der Waals surface area contributed by atoms with Gasteiger partial charge in [0.1, 0.15) is 0 Å². The summed E-state index contributed by atoms with van der Waals surface area (Å²) in [5.74, 6) is 0.594. The van der Waals surface area contributed by atoms with Crippen LogP contribution in [0.1, 0.15) is 19.8 Å². The molecule has 84 valence electrons. The summed E-state index contributed by atoms with van der Waals surface area (Å²) < 4.78 is 6.74. The highest BCUT2D eigenvalue weighted by Crippen LogP contribution is 2.03. The molecule has 1 rings (SSSR count). The van der Waals surface area contributed by atoms with Gasteiger partial charge in [-0.05, 0) is 6.42 Å². The molecule has 0 aromatic carbocycles. The molecule has 0 unspecified atom stereocenters. The van der Waals surface area contributed by atoms with E-state index in [4.69, 9.17) is 4.74 Å². The molecule has 0 aliphatic carbocycles. The number of amides is 1. The number of nitrogens with zero attached hydrogens (tertiary/aromatic N) is 2. The largest absolute Gasteiger partial charge is 0.385 e. The van der Waals surface area contributed by atoms with Crippen molar-refractivity contribution in [1.82, 2.24) is 9.78 Å². The zero-order valence-corrected chi connectivity index (χ0v) is 9.19. The number of aromatic nitrogens is 2. The zero-order chi connectivity index (χ0) is 11.1. The van der Waals surface area contributed by atoms with Crippen molar-refractivity contribution in [3.8, 4) is 0 Å². The Labute approximate surface area is 89.4 Å². The van der Waals surface area contributed by atoms with Gasteiger partial charge in [-0.2, -0.15) is 5.10 Å². The predicted molar refractivity (Wildman–Crippen MR) is 57.6 cm³/mol. The standard InChI is InChI=1S/C10H17N3O2/c1-3-10(14)11-9-5-7-13(12-9)6-4-8-15-2/h5,7H,3-4,6,8H2,1-2H3,(H,11,12,14). The molecule has 0 bridgehead atoms. The Morgan fingerprint density at radius 3 is 3.13 bits per heavy atom. The maximum atomic E-state index is 11.1. The summed E-state index contributed by atoms with van der Waals surface area (Å²) in [4.78, 5) is 11.1. The summed E-state index contributed by atoms with van der Waals surface area (Å²) in [6.07, 6.45) is 3.23. The summed E-state index contributed by atoms with van der Waals surface area (Å²) in [5, 5.41) is 6.90. The summed E-state index contributed by atoms with van der Waals surface area (Å²) in [7, 11) is 1.68. The van der Waals surface area contributed by atoms with E-state index < -0.39 is 0 Å². The number of rotatable bonds is 6. The van der Waals surface area contributed by atoms with E-state index in [-0.39, 0.29) is 5.91 Å². The number of anilines is 1. The Balaban J connectivity index is 2.38. The first kappa shape index (κ1) is 11.7. The lowest BCUT2D eigenvalue weighted by Crippen LogP contribution is -2.10. The molecule has 0 fully saturated rings. The van der Waals surface area contributed by atoms with Crippen LogP contribution in [0, 0.1) is 0 Å². The number of methoxy groups -OCH3 is 1. The van der Waals surface area contributed by atoms with Gasteiger partial charge >= 0.3 is 0 Å². The highest BCUT2D eigenvalue weighted by molar-refractivity contribution is 5.89. The van der Waals surface area contributed by atoms with Crippen LogP contribution in [-0.4, -0.2) is 29.4 Å². The molecule has 5 heteroatoms. The normalized spacial score (nSPS) is 10.3. The van der Waals surface area contributed by atoms with E-state index in [0.29, 0.717) is 12.2 Å². The van der Waals surface area contributed by atoms with Crippen LogP contribution in [0.5, 0.6) is 0 Å². The molecule has 1 amide bonds. The fourth-order valence-corrected chi connectivity index (χ4v) is 1.16. The average molecular weight is 211 g/mol. The number of aryl methyl sites for hydroxylation is 1. The van der Waals surface area contributed by atoms with Gasteiger partial charge in [0.25, 0.3) is 0 Å². The fraction of sp³-hybridized carbons (Fsp3) is 0.600.